The molecule has 1 fully saturated rings. The third kappa shape index (κ3) is 3.04. The van der Waals surface area contributed by atoms with Gasteiger partial charge >= 0.3 is 5.97 Å². The summed E-state index contributed by atoms with van der Waals surface area (Å²) in [5, 5.41) is 14.7. The molecule has 0 radical (unpaired) electrons. The molecule has 3 N–H and O–H groups in total. The van der Waals surface area contributed by atoms with Crippen molar-refractivity contribution in [2.75, 3.05) is 18.4 Å². The Balaban J connectivity index is 2.02. The average Bonchev–Trinajstić information content (AvgIpc) is 2.40. The zero-order chi connectivity index (χ0) is 13.0. The van der Waals surface area contributed by atoms with Crippen molar-refractivity contribution in [3.8, 4) is 0 Å². The number of nitrogens with one attached hydrogen (secondary N) is 2. The smallest absolute Gasteiger partial charge is 0.337 e. The lowest BCUT2D eigenvalue weighted by atomic mass is 9.99. The van der Waals surface area contributed by atoms with Crippen LogP contribution >= 0.6 is 0 Å². The van der Waals surface area contributed by atoms with E-state index in [2.05, 4.69) is 15.6 Å². The second-order valence-electron chi connectivity index (χ2n) is 4.30. The van der Waals surface area contributed by atoms with Crippen LogP contribution in [0.4, 0.5) is 5.69 Å². The minimum Gasteiger partial charge on any atom is -0.478 e. The zero-order valence-corrected chi connectivity index (χ0v) is 9.85. The van der Waals surface area contributed by atoms with Gasteiger partial charge in [-0.3, -0.25) is 9.78 Å². The molecule has 1 aromatic heterocycles. The van der Waals surface area contributed by atoms with Crippen molar-refractivity contribution in [2.45, 2.75) is 12.8 Å². The van der Waals surface area contributed by atoms with Gasteiger partial charge in [-0.2, -0.15) is 0 Å². The fourth-order valence-corrected chi connectivity index (χ4v) is 1.95. The Labute approximate surface area is 104 Å². The maximum absolute atomic E-state index is 11.9. The molecule has 6 heteroatoms. The van der Waals surface area contributed by atoms with Crippen molar-refractivity contribution in [1.82, 2.24) is 10.3 Å². The summed E-state index contributed by atoms with van der Waals surface area (Å²) in [6.45, 7) is 1.61. The monoisotopic (exact) mass is 249 g/mol. The number of carbonyl (C=O) groups excluding carboxylic acids is 1. The lowest BCUT2D eigenvalue weighted by molar-refractivity contribution is -0.120. The second-order valence-corrected chi connectivity index (χ2v) is 4.30. The van der Waals surface area contributed by atoms with Crippen LogP contribution in [-0.2, 0) is 4.79 Å². The van der Waals surface area contributed by atoms with Gasteiger partial charge in [0.1, 0.15) is 0 Å². The van der Waals surface area contributed by atoms with Gasteiger partial charge in [0.05, 0.1) is 23.4 Å². The summed E-state index contributed by atoms with van der Waals surface area (Å²) >= 11 is 0. The first kappa shape index (κ1) is 12.5. The van der Waals surface area contributed by atoms with Crippen LogP contribution in [-0.4, -0.2) is 35.1 Å². The first-order valence-corrected chi connectivity index (χ1v) is 5.87. The van der Waals surface area contributed by atoms with Crippen molar-refractivity contribution in [3.05, 3.63) is 24.0 Å². The molecule has 2 rings (SSSR count). The number of carboxylic acid groups (broad SMARTS) is 1. The number of hydrogen-bond donors (Lipinski definition) is 3. The minimum atomic E-state index is -1.06. The molecule has 0 bridgehead atoms. The molecular formula is C12H15N3O3. The Kier molecular flexibility index (Phi) is 3.88. The van der Waals surface area contributed by atoms with Gasteiger partial charge < -0.3 is 15.7 Å². The Morgan fingerprint density at radius 2 is 2.28 bits per heavy atom. The van der Waals surface area contributed by atoms with Gasteiger partial charge in [-0.05, 0) is 25.5 Å². The topological polar surface area (TPSA) is 91.3 Å². The van der Waals surface area contributed by atoms with E-state index in [1.165, 1.54) is 18.5 Å². The third-order valence-electron chi connectivity index (χ3n) is 2.92. The molecule has 18 heavy (non-hydrogen) atoms. The zero-order valence-electron chi connectivity index (χ0n) is 9.85. The van der Waals surface area contributed by atoms with Crippen molar-refractivity contribution in [1.29, 1.82) is 0 Å². The highest BCUT2D eigenvalue weighted by Crippen LogP contribution is 2.14. The SMILES string of the molecule is O=C(O)c1cncc(NC(=O)[C@H]2CCCNC2)c1. The second kappa shape index (κ2) is 5.59. The standard InChI is InChI=1S/C12H15N3O3/c16-11(8-2-1-3-13-5-8)15-10-4-9(12(17)18)6-14-7-10/h4,6-8,13H,1-3,5H2,(H,15,16)(H,17,18)/t8-/m0/s1. The lowest BCUT2D eigenvalue weighted by Crippen LogP contribution is -2.37. The number of aromatic carboxylic acids is 1. The van der Waals surface area contributed by atoms with Crippen LogP contribution in [0.15, 0.2) is 18.5 Å². The molecule has 0 unspecified atom stereocenters. The molecule has 96 valence electrons. The number of pyridine rings is 1. The Morgan fingerprint density at radius 3 is 2.94 bits per heavy atom. The largest absolute Gasteiger partial charge is 0.478 e. The van der Waals surface area contributed by atoms with E-state index in [4.69, 9.17) is 5.11 Å². The number of carbonyl (C=O) groups is 2. The number of anilines is 1. The summed E-state index contributed by atoms with van der Waals surface area (Å²) in [4.78, 5) is 26.5. The van der Waals surface area contributed by atoms with Crippen LogP contribution in [0.5, 0.6) is 0 Å². The van der Waals surface area contributed by atoms with E-state index in [0.29, 0.717) is 12.2 Å². The normalized spacial score (nSPS) is 19.2. The van der Waals surface area contributed by atoms with Crippen molar-refractivity contribution in [3.63, 3.8) is 0 Å². The summed E-state index contributed by atoms with van der Waals surface area (Å²) in [6, 6.07) is 1.41. The quantitative estimate of drug-likeness (QED) is 0.734. The molecule has 1 amide bonds. The van der Waals surface area contributed by atoms with Crippen LogP contribution < -0.4 is 10.6 Å². The van der Waals surface area contributed by atoms with Gasteiger partial charge in [0.25, 0.3) is 0 Å². The summed E-state index contributed by atoms with van der Waals surface area (Å²) in [7, 11) is 0. The highest BCUT2D eigenvalue weighted by molar-refractivity contribution is 5.94. The van der Waals surface area contributed by atoms with E-state index in [-0.39, 0.29) is 17.4 Å². The number of amides is 1. The number of hydrogen-bond acceptors (Lipinski definition) is 4. The van der Waals surface area contributed by atoms with Crippen LogP contribution in [0, 0.1) is 5.92 Å². The molecular weight excluding hydrogens is 234 g/mol. The number of piperidine rings is 1. The van der Waals surface area contributed by atoms with Crippen LogP contribution in [0.1, 0.15) is 23.2 Å². The molecule has 0 aromatic carbocycles. The number of nitrogens with zero attached hydrogens (tertiary/aromatic N) is 1. The molecule has 1 atom stereocenters. The van der Waals surface area contributed by atoms with Gasteiger partial charge in [-0.15, -0.1) is 0 Å². The Bertz CT molecular complexity index is 456. The molecule has 1 aromatic rings. The van der Waals surface area contributed by atoms with E-state index in [0.717, 1.165) is 19.4 Å². The van der Waals surface area contributed by atoms with Crippen molar-refractivity contribution < 1.29 is 14.7 Å². The van der Waals surface area contributed by atoms with Crippen LogP contribution in [0.3, 0.4) is 0 Å². The molecule has 0 saturated carbocycles. The minimum absolute atomic E-state index is 0.0627. The van der Waals surface area contributed by atoms with E-state index < -0.39 is 5.97 Å². The van der Waals surface area contributed by atoms with Gasteiger partial charge in [0, 0.05) is 12.7 Å². The van der Waals surface area contributed by atoms with E-state index >= 15 is 0 Å². The van der Waals surface area contributed by atoms with Gasteiger partial charge in [-0.1, -0.05) is 0 Å². The average molecular weight is 249 g/mol. The Hall–Kier alpha value is -1.95. The first-order chi connectivity index (χ1) is 8.66. The molecule has 2 heterocycles. The van der Waals surface area contributed by atoms with Gasteiger partial charge in [0.2, 0.25) is 5.91 Å². The molecule has 0 aliphatic carbocycles. The highest BCUT2D eigenvalue weighted by Gasteiger charge is 2.21. The molecule has 1 aliphatic rings. The number of carboxylic acids is 1. The number of rotatable bonds is 3. The van der Waals surface area contributed by atoms with E-state index in [9.17, 15) is 9.59 Å². The van der Waals surface area contributed by atoms with E-state index in [1.807, 2.05) is 0 Å². The summed E-state index contributed by atoms with van der Waals surface area (Å²) in [5.41, 5.74) is 0.486. The van der Waals surface area contributed by atoms with E-state index in [1.54, 1.807) is 0 Å². The lowest BCUT2D eigenvalue weighted by Gasteiger charge is -2.21. The summed E-state index contributed by atoms with van der Waals surface area (Å²) in [5.74, 6) is -1.21. The number of aromatic nitrogens is 1. The molecule has 0 spiro atoms. The fourth-order valence-electron chi connectivity index (χ4n) is 1.95. The van der Waals surface area contributed by atoms with Crippen molar-refractivity contribution in [2.24, 2.45) is 5.92 Å². The highest BCUT2D eigenvalue weighted by atomic mass is 16.4. The van der Waals surface area contributed by atoms with Crippen LogP contribution in [0.2, 0.25) is 0 Å². The summed E-state index contributed by atoms with van der Waals surface area (Å²) in [6.07, 6.45) is 4.52. The van der Waals surface area contributed by atoms with Gasteiger partial charge in [-0.25, -0.2) is 4.79 Å². The first-order valence-electron chi connectivity index (χ1n) is 5.87. The Morgan fingerprint density at radius 1 is 1.44 bits per heavy atom. The van der Waals surface area contributed by atoms with Crippen LogP contribution in [0.25, 0.3) is 0 Å². The summed E-state index contributed by atoms with van der Waals surface area (Å²) < 4.78 is 0. The third-order valence-corrected chi connectivity index (χ3v) is 2.92. The molecule has 1 aliphatic heterocycles. The van der Waals surface area contributed by atoms with Gasteiger partial charge in [0.15, 0.2) is 0 Å². The molecule has 1 saturated heterocycles. The predicted octanol–water partition coefficient (Wildman–Crippen LogP) is 0.718. The maximum atomic E-state index is 11.9. The fraction of sp³-hybridized carbons (Fsp3) is 0.417. The van der Waals surface area contributed by atoms with Crippen molar-refractivity contribution >= 4 is 17.6 Å². The molecule has 6 nitrogen and oxygen atoms in total. The predicted molar refractivity (Wildman–Crippen MR) is 65.4 cm³/mol. The maximum Gasteiger partial charge on any atom is 0.337 e.